The van der Waals surface area contributed by atoms with Crippen molar-refractivity contribution in [3.8, 4) is 11.8 Å². The Bertz CT molecular complexity index is 1440. The van der Waals surface area contributed by atoms with Gasteiger partial charge in [-0.05, 0) is 31.4 Å². The fourth-order valence-corrected chi connectivity index (χ4v) is 3.75. The molecule has 1 N–H and O–H groups in total. The third-order valence-corrected chi connectivity index (χ3v) is 5.28. The van der Waals surface area contributed by atoms with Crippen LogP contribution in [0.15, 0.2) is 27.9 Å². The molecule has 4 heterocycles. The zero-order valence-corrected chi connectivity index (χ0v) is 18.7. The van der Waals surface area contributed by atoms with Crippen LogP contribution in [0.2, 0.25) is 10.3 Å². The van der Waals surface area contributed by atoms with E-state index in [4.69, 9.17) is 32.7 Å². The summed E-state index contributed by atoms with van der Waals surface area (Å²) < 4.78 is 12.2. The zero-order chi connectivity index (χ0) is 22.8. The van der Waals surface area contributed by atoms with Crippen molar-refractivity contribution >= 4 is 44.7 Å². The second kappa shape index (κ2) is 9.09. The molecule has 0 radical (unpaired) electrons. The van der Waals surface area contributed by atoms with Crippen LogP contribution in [-0.4, -0.2) is 43.7 Å². The van der Waals surface area contributed by atoms with Gasteiger partial charge < -0.3 is 9.47 Å². The standard InChI is InChI=1S/C20H18Cl2N6O4/c1-28-20(30)15-10(9-23-28)7-13(21)25-19(15)32-6-4-3-5-12-11-8-14(22)24-18(31-2)16(11)17(29)27-26-12/h7-9H,3-6H2,1-2H3,(H,27,29). The fourth-order valence-electron chi connectivity index (χ4n) is 3.37. The molecule has 0 fully saturated rings. The summed E-state index contributed by atoms with van der Waals surface area (Å²) in [5.41, 5.74) is -0.0541. The van der Waals surface area contributed by atoms with Crippen molar-refractivity contribution in [1.82, 2.24) is 29.9 Å². The minimum absolute atomic E-state index is 0.149. The maximum atomic E-state index is 12.4. The molecule has 0 saturated carbocycles. The van der Waals surface area contributed by atoms with Crippen molar-refractivity contribution in [3.05, 3.63) is 55.0 Å². The number of methoxy groups -OCH3 is 1. The Labute approximate surface area is 191 Å². The third-order valence-electron chi connectivity index (χ3n) is 4.89. The van der Waals surface area contributed by atoms with E-state index in [1.165, 1.54) is 11.8 Å². The molecule has 0 aliphatic rings. The predicted molar refractivity (Wildman–Crippen MR) is 120 cm³/mol. The maximum absolute atomic E-state index is 12.4. The fraction of sp³-hybridized carbons (Fsp3) is 0.300. The van der Waals surface area contributed by atoms with Gasteiger partial charge in [-0.15, -0.1) is 0 Å². The molecular weight excluding hydrogens is 459 g/mol. The van der Waals surface area contributed by atoms with E-state index in [2.05, 4.69) is 25.3 Å². The maximum Gasteiger partial charge on any atom is 0.279 e. The van der Waals surface area contributed by atoms with Crippen molar-refractivity contribution in [1.29, 1.82) is 0 Å². The van der Waals surface area contributed by atoms with Gasteiger partial charge in [0.2, 0.25) is 11.8 Å². The molecule has 4 rings (SSSR count). The first-order valence-electron chi connectivity index (χ1n) is 9.66. The van der Waals surface area contributed by atoms with Crippen LogP contribution in [-0.2, 0) is 13.5 Å². The molecule has 4 aromatic heterocycles. The molecule has 0 aliphatic carbocycles. The van der Waals surface area contributed by atoms with E-state index in [0.29, 0.717) is 53.1 Å². The van der Waals surface area contributed by atoms with Crippen molar-refractivity contribution in [2.75, 3.05) is 13.7 Å². The molecule has 0 bridgehead atoms. The number of H-pyrrole nitrogens is 1. The molecular formula is C20H18Cl2N6O4. The number of nitrogens with zero attached hydrogens (tertiary/aromatic N) is 5. The quantitative estimate of drug-likeness (QED) is 0.318. The molecule has 0 spiro atoms. The van der Waals surface area contributed by atoms with Crippen LogP contribution in [0, 0.1) is 0 Å². The van der Waals surface area contributed by atoms with E-state index in [9.17, 15) is 9.59 Å². The normalized spacial score (nSPS) is 11.2. The van der Waals surface area contributed by atoms with Crippen molar-refractivity contribution in [2.45, 2.75) is 19.3 Å². The number of unbranched alkanes of at least 4 members (excludes halogenated alkanes) is 1. The van der Waals surface area contributed by atoms with Crippen LogP contribution in [0.3, 0.4) is 0 Å². The highest BCUT2D eigenvalue weighted by molar-refractivity contribution is 6.30. The Balaban J connectivity index is 1.48. The predicted octanol–water partition coefficient (Wildman–Crippen LogP) is 2.68. The highest BCUT2D eigenvalue weighted by Gasteiger charge is 2.15. The van der Waals surface area contributed by atoms with Gasteiger partial charge in [0.25, 0.3) is 11.1 Å². The Morgan fingerprint density at radius 3 is 2.59 bits per heavy atom. The number of fused-ring (bicyclic) bond motifs is 2. The SMILES string of the molecule is COc1nc(Cl)cc2c(CCCCOc3nc(Cl)cc4cnn(C)c(=O)c34)n[nH]c(=O)c12. The molecule has 166 valence electrons. The smallest absolute Gasteiger partial charge is 0.279 e. The summed E-state index contributed by atoms with van der Waals surface area (Å²) in [6.45, 7) is 0.306. The third kappa shape index (κ3) is 4.23. The lowest BCUT2D eigenvalue weighted by molar-refractivity contribution is 0.299. The summed E-state index contributed by atoms with van der Waals surface area (Å²) in [5.74, 6) is 0.321. The van der Waals surface area contributed by atoms with Crippen LogP contribution in [0.4, 0.5) is 0 Å². The average molecular weight is 477 g/mol. The molecule has 0 atom stereocenters. The van der Waals surface area contributed by atoms with Gasteiger partial charge in [0, 0.05) is 17.8 Å². The van der Waals surface area contributed by atoms with E-state index >= 15 is 0 Å². The number of pyridine rings is 2. The van der Waals surface area contributed by atoms with E-state index < -0.39 is 5.56 Å². The first kappa shape index (κ1) is 22.0. The summed E-state index contributed by atoms with van der Waals surface area (Å²) in [7, 11) is 2.98. The summed E-state index contributed by atoms with van der Waals surface area (Å²) >= 11 is 12.1. The largest absolute Gasteiger partial charge is 0.480 e. The van der Waals surface area contributed by atoms with Gasteiger partial charge in [-0.2, -0.15) is 10.2 Å². The number of aromatic nitrogens is 6. The number of rotatable bonds is 7. The molecule has 0 aliphatic heterocycles. The molecule has 12 heteroatoms. The van der Waals surface area contributed by atoms with Gasteiger partial charge in [-0.3, -0.25) is 9.59 Å². The first-order chi connectivity index (χ1) is 15.4. The second-order valence-electron chi connectivity index (χ2n) is 6.97. The Hall–Kier alpha value is -3.24. The molecule has 0 saturated heterocycles. The lowest BCUT2D eigenvalue weighted by atomic mass is 10.1. The van der Waals surface area contributed by atoms with E-state index in [1.54, 1.807) is 25.4 Å². The van der Waals surface area contributed by atoms with Crippen molar-refractivity contribution in [3.63, 3.8) is 0 Å². The minimum Gasteiger partial charge on any atom is -0.480 e. The van der Waals surface area contributed by atoms with Crippen molar-refractivity contribution in [2.24, 2.45) is 7.05 Å². The summed E-state index contributed by atoms with van der Waals surface area (Å²) in [5, 5.41) is 12.8. The molecule has 10 nitrogen and oxygen atoms in total. The number of nitrogens with one attached hydrogen (secondary N) is 1. The van der Waals surface area contributed by atoms with Crippen LogP contribution < -0.4 is 20.6 Å². The van der Waals surface area contributed by atoms with Crippen LogP contribution >= 0.6 is 23.2 Å². The average Bonchev–Trinajstić information content (AvgIpc) is 2.76. The second-order valence-corrected chi connectivity index (χ2v) is 7.74. The van der Waals surface area contributed by atoms with Gasteiger partial charge in [0.05, 0.1) is 25.6 Å². The zero-order valence-electron chi connectivity index (χ0n) is 17.2. The number of ether oxygens (including phenoxy) is 2. The van der Waals surface area contributed by atoms with Crippen LogP contribution in [0.5, 0.6) is 11.8 Å². The molecule has 32 heavy (non-hydrogen) atoms. The number of hydrogen-bond donors (Lipinski definition) is 1. The summed E-state index contributed by atoms with van der Waals surface area (Å²) in [4.78, 5) is 32.8. The summed E-state index contributed by atoms with van der Waals surface area (Å²) in [6, 6.07) is 3.17. The van der Waals surface area contributed by atoms with Crippen LogP contribution in [0.1, 0.15) is 18.5 Å². The Kier molecular flexibility index (Phi) is 6.24. The highest BCUT2D eigenvalue weighted by atomic mass is 35.5. The van der Waals surface area contributed by atoms with Gasteiger partial charge in [0.15, 0.2) is 0 Å². The lowest BCUT2D eigenvalue weighted by Gasteiger charge is -2.10. The molecule has 0 amide bonds. The minimum atomic E-state index is -0.400. The number of aryl methyl sites for hydroxylation is 2. The van der Waals surface area contributed by atoms with E-state index in [0.717, 1.165) is 0 Å². The first-order valence-corrected chi connectivity index (χ1v) is 10.4. The topological polar surface area (TPSA) is 125 Å². The van der Waals surface area contributed by atoms with Gasteiger partial charge in [0.1, 0.15) is 21.1 Å². The van der Waals surface area contributed by atoms with Gasteiger partial charge in [-0.25, -0.2) is 19.7 Å². The Morgan fingerprint density at radius 2 is 1.81 bits per heavy atom. The number of hydrogen-bond acceptors (Lipinski definition) is 8. The number of aromatic amines is 1. The monoisotopic (exact) mass is 476 g/mol. The van der Waals surface area contributed by atoms with Crippen molar-refractivity contribution < 1.29 is 9.47 Å². The Morgan fingerprint density at radius 1 is 1.06 bits per heavy atom. The molecule has 4 aromatic rings. The summed E-state index contributed by atoms with van der Waals surface area (Å²) in [6.07, 6.45) is 3.42. The van der Waals surface area contributed by atoms with E-state index in [1.807, 2.05) is 0 Å². The lowest BCUT2D eigenvalue weighted by Crippen LogP contribution is -2.20. The highest BCUT2D eigenvalue weighted by Crippen LogP contribution is 2.26. The van der Waals surface area contributed by atoms with Crippen LogP contribution in [0.25, 0.3) is 21.5 Å². The van der Waals surface area contributed by atoms with Gasteiger partial charge in [-0.1, -0.05) is 23.2 Å². The molecule has 0 unspecified atom stereocenters. The van der Waals surface area contributed by atoms with Gasteiger partial charge >= 0.3 is 0 Å². The number of halogens is 2. The molecule has 0 aromatic carbocycles. The van der Waals surface area contributed by atoms with E-state index in [-0.39, 0.29) is 27.6 Å².